The number of aromatic hydroxyl groups is 3. The maximum atomic E-state index is 13.4. The second-order valence-corrected chi connectivity index (χ2v) is 24.7. The first-order valence-corrected chi connectivity index (χ1v) is 23.6. The van der Waals surface area contributed by atoms with Gasteiger partial charge in [-0.1, -0.05) is 161 Å². The van der Waals surface area contributed by atoms with Gasteiger partial charge in [0, 0.05) is 18.8 Å². The summed E-state index contributed by atoms with van der Waals surface area (Å²) in [6.45, 7) is 36.6. The minimum atomic E-state index is -0.961. The van der Waals surface area contributed by atoms with E-state index in [9.17, 15) is 34.8 Å². The maximum absolute atomic E-state index is 13.4. The van der Waals surface area contributed by atoms with Crippen molar-refractivity contribution in [1.82, 2.24) is 0 Å². The van der Waals surface area contributed by atoms with E-state index in [1.165, 1.54) is 0 Å². The predicted molar refractivity (Wildman–Crippen MR) is 263 cm³/mol. The first-order valence-electron chi connectivity index (χ1n) is 23.6. The molecule has 1 unspecified atom stereocenters. The number of rotatable bonds is 16. The van der Waals surface area contributed by atoms with E-state index < -0.39 is 29.7 Å². The monoisotopic (exact) mass is 901 g/mol. The summed E-state index contributed by atoms with van der Waals surface area (Å²) < 4.78 is 11.7. The van der Waals surface area contributed by atoms with Gasteiger partial charge in [0.1, 0.15) is 17.2 Å². The smallest absolute Gasteiger partial charge is 0.306 e. The number of phenols is 3. The summed E-state index contributed by atoms with van der Waals surface area (Å²) in [6.07, 6.45) is 1.77. The zero-order valence-corrected chi connectivity index (χ0v) is 43.3. The molecule has 0 heterocycles. The van der Waals surface area contributed by atoms with E-state index >= 15 is 0 Å². The molecule has 0 fully saturated rings. The van der Waals surface area contributed by atoms with E-state index in [1.54, 1.807) is 0 Å². The Kier molecular flexibility index (Phi) is 17.3. The van der Waals surface area contributed by atoms with E-state index in [0.717, 1.165) is 50.1 Å². The van der Waals surface area contributed by atoms with Gasteiger partial charge < -0.3 is 29.9 Å². The van der Waals surface area contributed by atoms with Crippen molar-refractivity contribution in [2.24, 2.45) is 11.8 Å². The van der Waals surface area contributed by atoms with Crippen molar-refractivity contribution in [3.63, 3.8) is 0 Å². The number of carboxylic acids is 1. The van der Waals surface area contributed by atoms with Crippen LogP contribution in [-0.4, -0.2) is 51.5 Å². The van der Waals surface area contributed by atoms with Crippen LogP contribution in [0.4, 0.5) is 0 Å². The molecule has 0 aliphatic rings. The largest absolute Gasteiger partial charge is 0.507 e. The van der Waals surface area contributed by atoms with Crippen molar-refractivity contribution in [2.45, 2.75) is 202 Å². The molecule has 0 aromatic heterocycles. The Morgan fingerprint density at radius 1 is 0.446 bits per heavy atom. The van der Waals surface area contributed by atoms with Gasteiger partial charge >= 0.3 is 17.9 Å². The molecule has 0 saturated carbocycles. The Hall–Kier alpha value is -4.53. The van der Waals surface area contributed by atoms with E-state index in [2.05, 4.69) is 0 Å². The average molecular weight is 901 g/mol. The Morgan fingerprint density at radius 2 is 0.708 bits per heavy atom. The second-order valence-electron chi connectivity index (χ2n) is 24.7. The first-order chi connectivity index (χ1) is 29.4. The Bertz CT molecular complexity index is 1950. The highest BCUT2D eigenvalue weighted by Crippen LogP contribution is 2.43. The molecule has 362 valence electrons. The Labute approximate surface area is 391 Å². The molecule has 4 N–H and O–H groups in total. The fourth-order valence-corrected chi connectivity index (χ4v) is 8.23. The summed E-state index contributed by atoms with van der Waals surface area (Å²) in [6, 6.07) is 11.7. The summed E-state index contributed by atoms with van der Waals surface area (Å²) in [7, 11) is 0. The molecule has 9 nitrogen and oxygen atoms in total. The highest BCUT2D eigenvalue weighted by molar-refractivity contribution is 5.71. The van der Waals surface area contributed by atoms with Gasteiger partial charge in [-0.15, -0.1) is 0 Å². The molecule has 9 heteroatoms. The molecule has 3 aromatic carbocycles. The molecular formula is C56H84O9. The maximum Gasteiger partial charge on any atom is 0.306 e. The minimum Gasteiger partial charge on any atom is -0.507 e. The molecule has 0 amide bonds. The number of hydrogen-bond donors (Lipinski definition) is 4. The third-order valence-corrected chi connectivity index (χ3v) is 12.3. The molecule has 1 atom stereocenters. The topological polar surface area (TPSA) is 151 Å². The third-order valence-electron chi connectivity index (χ3n) is 12.3. The number of aryl methyl sites for hydroxylation is 2. The van der Waals surface area contributed by atoms with E-state index in [4.69, 9.17) is 9.47 Å². The lowest BCUT2D eigenvalue weighted by Gasteiger charge is -2.29. The molecule has 0 radical (unpaired) electrons. The lowest BCUT2D eigenvalue weighted by Crippen LogP contribution is -2.25. The normalized spacial score (nSPS) is 13.5. The van der Waals surface area contributed by atoms with Gasteiger partial charge in [-0.3, -0.25) is 14.4 Å². The summed E-state index contributed by atoms with van der Waals surface area (Å²) in [4.78, 5) is 39.6. The van der Waals surface area contributed by atoms with Crippen LogP contribution >= 0.6 is 0 Å². The van der Waals surface area contributed by atoms with Gasteiger partial charge in [0.05, 0.1) is 19.1 Å². The van der Waals surface area contributed by atoms with Crippen LogP contribution in [0.1, 0.15) is 200 Å². The fraction of sp³-hybridized carbons (Fsp3) is 0.625. The minimum absolute atomic E-state index is 0.0576. The zero-order valence-electron chi connectivity index (χ0n) is 43.3. The summed E-state index contributed by atoms with van der Waals surface area (Å²) in [5, 5.41) is 44.2. The van der Waals surface area contributed by atoms with Gasteiger partial charge in [-0.25, -0.2) is 0 Å². The number of benzene rings is 3. The van der Waals surface area contributed by atoms with E-state index in [1.807, 2.05) is 161 Å². The van der Waals surface area contributed by atoms with Crippen LogP contribution in [0.15, 0.2) is 36.4 Å². The van der Waals surface area contributed by atoms with Crippen molar-refractivity contribution >= 4 is 17.9 Å². The van der Waals surface area contributed by atoms with Crippen LogP contribution in [0.3, 0.4) is 0 Å². The van der Waals surface area contributed by atoms with Crippen molar-refractivity contribution in [1.29, 1.82) is 0 Å². The Balaban J connectivity index is 1.87. The van der Waals surface area contributed by atoms with E-state index in [-0.39, 0.29) is 88.6 Å². The second kappa shape index (κ2) is 20.5. The highest BCUT2D eigenvalue weighted by atomic mass is 16.5. The fourth-order valence-electron chi connectivity index (χ4n) is 8.23. The zero-order chi connectivity index (χ0) is 49.8. The summed E-state index contributed by atoms with van der Waals surface area (Å²) in [5.74, 6) is -2.30. The van der Waals surface area contributed by atoms with Crippen LogP contribution in [0, 0.1) is 11.8 Å². The molecule has 3 aromatic rings. The van der Waals surface area contributed by atoms with Crippen LogP contribution in [0.2, 0.25) is 0 Å². The van der Waals surface area contributed by atoms with Crippen molar-refractivity contribution in [2.75, 3.05) is 13.2 Å². The summed E-state index contributed by atoms with van der Waals surface area (Å²) in [5.41, 5.74) is 5.39. The van der Waals surface area contributed by atoms with Crippen LogP contribution in [0.25, 0.3) is 0 Å². The lowest BCUT2D eigenvalue weighted by atomic mass is 9.77. The quantitative estimate of drug-likeness (QED) is 0.103. The molecule has 3 rings (SSSR count). The Morgan fingerprint density at radius 3 is 0.954 bits per heavy atom. The number of hydrogen-bond acceptors (Lipinski definition) is 8. The van der Waals surface area contributed by atoms with Crippen LogP contribution in [-0.2, 0) is 75.6 Å². The van der Waals surface area contributed by atoms with Crippen molar-refractivity contribution < 1.29 is 44.3 Å². The molecule has 0 aliphatic heterocycles. The molecule has 0 aliphatic carbocycles. The van der Waals surface area contributed by atoms with Gasteiger partial charge in [-0.2, -0.15) is 0 Å². The number of carbonyl (C=O) groups excluding carboxylic acids is 2. The molecule has 0 bridgehead atoms. The lowest BCUT2D eigenvalue weighted by molar-refractivity contribution is -0.150. The number of aliphatic carboxylic acids is 1. The molecule has 0 spiro atoms. The average Bonchev–Trinajstić information content (AvgIpc) is 3.13. The SMILES string of the molecule is CC(C)(C)c1cc(CCC(=O)OCC(CCC(Cc2cc(C(C)(C)C)c(O)c(C(C)(C)C)c2)C(=O)O)COC(=O)CCc2cc(C(C)(C)C)c(O)c(C(C)(C)C)c2)cc(C(C)(C)C)c1O. The molecule has 65 heavy (non-hydrogen) atoms. The van der Waals surface area contributed by atoms with Gasteiger partial charge in [0.2, 0.25) is 0 Å². The molecule has 0 saturated heterocycles. The van der Waals surface area contributed by atoms with Crippen LogP contribution < -0.4 is 0 Å². The van der Waals surface area contributed by atoms with Gasteiger partial charge in [0.15, 0.2) is 0 Å². The first kappa shape index (κ1) is 54.8. The number of esters is 2. The number of carboxylic acid groups (broad SMARTS) is 1. The molecular weight excluding hydrogens is 817 g/mol. The summed E-state index contributed by atoms with van der Waals surface area (Å²) >= 11 is 0. The van der Waals surface area contributed by atoms with Crippen molar-refractivity contribution in [3.05, 3.63) is 86.5 Å². The van der Waals surface area contributed by atoms with Crippen LogP contribution in [0.5, 0.6) is 17.2 Å². The van der Waals surface area contributed by atoms with Gasteiger partial charge in [-0.05, 0) is 115 Å². The number of phenolic OH excluding ortho intramolecular Hbond substituents is 3. The number of carbonyl (C=O) groups is 3. The van der Waals surface area contributed by atoms with E-state index in [0.29, 0.717) is 19.3 Å². The third kappa shape index (κ3) is 15.5. The highest BCUT2D eigenvalue weighted by Gasteiger charge is 2.31. The van der Waals surface area contributed by atoms with Crippen molar-refractivity contribution in [3.8, 4) is 17.2 Å². The predicted octanol–water partition coefficient (Wildman–Crippen LogP) is 12.6. The number of ether oxygens (including phenoxy) is 2. The standard InChI is InChI=1S/C56H84O9/c1-51(2,3)39-26-34(27-40(47(39)59)52(4,5)6)20-23-45(57)64-32-36(33-65-46(58)24-21-35-28-41(53(7,8)9)48(60)42(29-35)54(10,11)12)19-22-38(50(62)63)25-37-30-43(55(13,14)15)49(61)44(31-37)56(16,17)18/h26-31,36,38,59-61H,19-25,32-33H2,1-18H3,(H,62,63). The van der Waals surface area contributed by atoms with Gasteiger partial charge in [0.25, 0.3) is 0 Å².